The number of aliphatic hydroxyl groups excluding tert-OH is 4. The minimum absolute atomic E-state index is 0. The monoisotopic (exact) mass is 1100 g/mol. The van der Waals surface area contributed by atoms with E-state index in [1.165, 1.54) is 0 Å². The molecule has 0 spiro atoms. The second kappa shape index (κ2) is 55.4. The van der Waals surface area contributed by atoms with E-state index in [1.54, 1.807) is 18.2 Å². The molecule has 12 nitrogen and oxygen atoms in total. The van der Waals surface area contributed by atoms with E-state index in [1.807, 2.05) is 109 Å². The van der Waals surface area contributed by atoms with E-state index in [-0.39, 0.29) is 49.8 Å². The van der Waals surface area contributed by atoms with E-state index >= 15 is 0 Å². The van der Waals surface area contributed by atoms with Crippen molar-refractivity contribution in [2.45, 2.75) is 147 Å². The van der Waals surface area contributed by atoms with Gasteiger partial charge < -0.3 is 66.6 Å². The minimum atomic E-state index is -0.800. The van der Waals surface area contributed by atoms with Crippen LogP contribution in [0.15, 0.2) is 140 Å². The number of carbonyl (C=O) groups is 3. The Kier molecular flexibility index (Phi) is 52.2. The minimum Gasteiger partial charge on any atom is -1.00 e. The molecule has 3 rings (SSSR count). The van der Waals surface area contributed by atoms with Crippen LogP contribution in [0, 0.1) is 35.5 Å². The summed E-state index contributed by atoms with van der Waals surface area (Å²) in [4.78, 5) is 30.3. The van der Waals surface area contributed by atoms with Gasteiger partial charge in [0.15, 0.2) is 0 Å². The highest BCUT2D eigenvalue weighted by atomic mass is 79.9. The van der Waals surface area contributed by atoms with Crippen LogP contribution >= 0.6 is 0 Å². The van der Waals surface area contributed by atoms with Crippen LogP contribution in [0.2, 0.25) is 0 Å². The predicted molar refractivity (Wildman–Crippen MR) is 296 cm³/mol. The van der Waals surface area contributed by atoms with Gasteiger partial charge in [0.05, 0.1) is 0 Å². The Labute approximate surface area is 458 Å². The van der Waals surface area contributed by atoms with Crippen molar-refractivity contribution < 1.29 is 76.2 Å². The number of benzene rings is 3. The van der Waals surface area contributed by atoms with Gasteiger partial charge in [0.25, 0.3) is 0 Å². The van der Waals surface area contributed by atoms with E-state index in [9.17, 15) is 29.7 Å². The highest BCUT2D eigenvalue weighted by molar-refractivity contribution is 5.66. The van der Waals surface area contributed by atoms with Crippen LogP contribution < -0.4 is 31.2 Å². The van der Waals surface area contributed by atoms with Gasteiger partial charge >= 0.3 is 11.9 Å². The maximum absolute atomic E-state index is 10.4. The van der Waals surface area contributed by atoms with Crippen LogP contribution in [0.1, 0.15) is 129 Å². The molecule has 3 aromatic carbocycles. The fraction of sp³-hybridized carbons (Fsp3) is 0.435. The normalized spacial score (nSPS) is 11.4. The SMILES string of the molecule is CCCCCC(=O)O.O=C(O)CCC/C=C\CCCC/C=C\C#CC(O)COc1ccccc1.O=CCCCC/C=C\C#CC(O)COc1ccccc1.OCCCCC/C=C\C#CC(O)COc1ccccc1.[Br-]. The molecule has 0 aliphatic heterocycles. The first-order valence-electron chi connectivity index (χ1n) is 25.8. The molecule has 75 heavy (non-hydrogen) atoms. The van der Waals surface area contributed by atoms with Crippen molar-refractivity contribution in [3.05, 3.63) is 140 Å². The number of carboxylic acids is 2. The average molecular weight is 1100 g/mol. The zero-order chi connectivity index (χ0) is 54.2. The number of unbranched alkanes of at least 4 members (excludes halogenated alkanes) is 12. The predicted octanol–water partition coefficient (Wildman–Crippen LogP) is 8.30. The lowest BCUT2D eigenvalue weighted by Crippen LogP contribution is -3.00. The number of aliphatic carboxylic acids is 2. The number of ether oxygens (including phenoxy) is 3. The molecule has 0 bridgehead atoms. The summed E-state index contributed by atoms with van der Waals surface area (Å²) in [5.41, 5.74) is 0. The first-order chi connectivity index (χ1) is 36.1. The van der Waals surface area contributed by atoms with Gasteiger partial charge in [0.1, 0.15) is 61.7 Å². The molecule has 3 unspecified atom stereocenters. The quantitative estimate of drug-likeness (QED) is 0.0152. The Morgan fingerprint density at radius 1 is 0.467 bits per heavy atom. The fourth-order valence-electron chi connectivity index (χ4n) is 5.76. The number of allylic oxidation sites excluding steroid dienone is 8. The molecule has 410 valence electrons. The average Bonchev–Trinajstić information content (AvgIpc) is 3.41. The van der Waals surface area contributed by atoms with Gasteiger partial charge in [0.2, 0.25) is 0 Å². The molecule has 3 aromatic rings. The molecule has 0 fully saturated rings. The molecule has 0 aliphatic carbocycles. The summed E-state index contributed by atoms with van der Waals surface area (Å²) in [6.07, 6.45) is 30.4. The second-order valence-corrected chi connectivity index (χ2v) is 16.4. The third-order valence-electron chi connectivity index (χ3n) is 9.69. The van der Waals surface area contributed by atoms with Crippen molar-refractivity contribution in [3.63, 3.8) is 0 Å². The molecule has 0 amide bonds. The zero-order valence-corrected chi connectivity index (χ0v) is 45.4. The number of halogens is 1. The molecule has 3 atom stereocenters. The Hall–Kier alpha value is -6.37. The van der Waals surface area contributed by atoms with Gasteiger partial charge in [-0.25, -0.2) is 0 Å². The van der Waals surface area contributed by atoms with E-state index in [0.29, 0.717) is 19.3 Å². The number of carboxylic acid groups (broad SMARTS) is 2. The van der Waals surface area contributed by atoms with Crippen LogP contribution in [-0.4, -0.2) is 93.6 Å². The third-order valence-corrected chi connectivity index (χ3v) is 9.69. The molecule has 0 aliphatic rings. The highest BCUT2D eigenvalue weighted by Gasteiger charge is 2.02. The Balaban J connectivity index is 0. The van der Waals surface area contributed by atoms with Crippen molar-refractivity contribution in [3.8, 4) is 52.8 Å². The maximum Gasteiger partial charge on any atom is 0.303 e. The molecule has 0 aromatic heterocycles. The second-order valence-electron chi connectivity index (χ2n) is 16.4. The standard InChI is InChI=1S/C22H28O4.C17H22O3.C17H20O3.C6H12O2.BrH/c23-20(19-26-21-16-12-10-13-17-21)15-11-8-6-4-2-1-3-5-7-9-14-18-22(24)25;2*18-14-10-5-3-1-2-4-7-11-16(19)15-20-17-12-8-6-9-13-17;1-2-3-4-5-6(7)8;/h5-8,10,12-13,16-17,20,23H,1-4,9,14,18-19H2,(H,24,25);2,4,6,8-9,12-13,16,18-19H,1,3,5,10,14-15H2;2,4,6,8-9,12-14,16,19H,1,3,5,10,15H2;2-5H2,1H3,(H,7,8);1H/p-1/b7-5-,8-6-;2*4-2-;;. The van der Waals surface area contributed by atoms with Crippen LogP contribution in [0.25, 0.3) is 0 Å². The summed E-state index contributed by atoms with van der Waals surface area (Å²) in [5.74, 6) is 17.3. The Bertz CT molecular complexity index is 2130. The summed E-state index contributed by atoms with van der Waals surface area (Å²) < 4.78 is 16.2. The summed E-state index contributed by atoms with van der Waals surface area (Å²) in [6.45, 7) is 2.80. The molecule has 0 heterocycles. The van der Waals surface area contributed by atoms with Crippen LogP contribution in [0.5, 0.6) is 17.2 Å². The number of hydrogen-bond acceptors (Lipinski definition) is 10. The number of hydrogen-bond donors (Lipinski definition) is 6. The van der Waals surface area contributed by atoms with Gasteiger partial charge in [-0.3, -0.25) is 9.59 Å². The number of aliphatic hydroxyl groups is 4. The van der Waals surface area contributed by atoms with E-state index in [4.69, 9.17) is 29.5 Å². The van der Waals surface area contributed by atoms with Crippen molar-refractivity contribution >= 4 is 18.2 Å². The third kappa shape index (κ3) is 53.7. The lowest BCUT2D eigenvalue weighted by molar-refractivity contribution is -0.138. The number of aldehydes is 1. The maximum atomic E-state index is 10.4. The lowest BCUT2D eigenvalue weighted by atomic mass is 10.1. The largest absolute Gasteiger partial charge is 1.00 e. The van der Waals surface area contributed by atoms with Gasteiger partial charge in [-0.1, -0.05) is 147 Å². The van der Waals surface area contributed by atoms with Crippen molar-refractivity contribution in [2.75, 3.05) is 26.4 Å². The van der Waals surface area contributed by atoms with Crippen LogP contribution in [0.4, 0.5) is 0 Å². The summed E-state index contributed by atoms with van der Waals surface area (Å²) in [7, 11) is 0. The van der Waals surface area contributed by atoms with E-state index in [0.717, 1.165) is 120 Å². The van der Waals surface area contributed by atoms with Crippen molar-refractivity contribution in [2.24, 2.45) is 0 Å². The van der Waals surface area contributed by atoms with E-state index in [2.05, 4.69) is 54.6 Å². The van der Waals surface area contributed by atoms with Crippen LogP contribution in [-0.2, 0) is 14.4 Å². The van der Waals surface area contributed by atoms with Gasteiger partial charge in [-0.05, 0) is 138 Å². The number of rotatable bonds is 32. The number of para-hydroxylation sites is 3. The topological polar surface area (TPSA) is 200 Å². The molecule has 13 heteroatoms. The smallest absolute Gasteiger partial charge is 0.303 e. The summed E-state index contributed by atoms with van der Waals surface area (Å²) >= 11 is 0. The molecule has 6 N–H and O–H groups in total. The van der Waals surface area contributed by atoms with Gasteiger partial charge in [-0.15, -0.1) is 0 Å². The van der Waals surface area contributed by atoms with Gasteiger partial charge in [0, 0.05) is 25.9 Å². The molecular formula is C62H82BrO12-. The Morgan fingerprint density at radius 3 is 1.15 bits per heavy atom. The molecule has 0 radical (unpaired) electrons. The fourth-order valence-corrected chi connectivity index (χ4v) is 5.76. The lowest BCUT2D eigenvalue weighted by Gasteiger charge is -2.06. The first kappa shape index (κ1) is 70.7. The van der Waals surface area contributed by atoms with E-state index < -0.39 is 30.3 Å². The van der Waals surface area contributed by atoms with Gasteiger partial charge in [-0.2, -0.15) is 0 Å². The Morgan fingerprint density at radius 2 is 0.800 bits per heavy atom. The number of carbonyl (C=O) groups excluding carboxylic acids is 1. The van der Waals surface area contributed by atoms with Crippen LogP contribution in [0.3, 0.4) is 0 Å². The summed E-state index contributed by atoms with van der Waals surface area (Å²) in [5, 5.41) is 54.2. The van der Waals surface area contributed by atoms with Crippen molar-refractivity contribution in [1.82, 2.24) is 0 Å². The summed E-state index contributed by atoms with van der Waals surface area (Å²) in [6, 6.07) is 28.0. The highest BCUT2D eigenvalue weighted by Crippen LogP contribution is 2.11. The molecule has 0 saturated heterocycles. The molecule has 0 saturated carbocycles. The molecular weight excluding hydrogens is 1020 g/mol. The first-order valence-corrected chi connectivity index (χ1v) is 25.8. The van der Waals surface area contributed by atoms with Crippen molar-refractivity contribution in [1.29, 1.82) is 0 Å². The zero-order valence-electron chi connectivity index (χ0n) is 43.9.